The van der Waals surface area contributed by atoms with Gasteiger partial charge in [-0.1, -0.05) is 0 Å². The molecular weight excluding hydrogens is 264 g/mol. The first-order valence-electron chi connectivity index (χ1n) is 7.95. The Morgan fingerprint density at radius 3 is 2.57 bits per heavy atom. The van der Waals surface area contributed by atoms with Crippen LogP contribution in [0.4, 0.5) is 11.4 Å². The maximum Gasteiger partial charge on any atom is 0.0606 e. The van der Waals surface area contributed by atoms with Crippen molar-refractivity contribution in [2.75, 3.05) is 43.6 Å². The highest BCUT2D eigenvalue weighted by Gasteiger charge is 2.16. The van der Waals surface area contributed by atoms with E-state index >= 15 is 0 Å². The van der Waals surface area contributed by atoms with Gasteiger partial charge in [0.05, 0.1) is 6.61 Å². The number of hydrogen-bond acceptors (Lipinski definition) is 4. The minimum atomic E-state index is 0.179. The molecule has 0 amide bonds. The zero-order valence-electron chi connectivity index (χ0n) is 13.2. The molecule has 0 aliphatic carbocycles. The van der Waals surface area contributed by atoms with Crippen LogP contribution >= 0.6 is 0 Å². The number of ether oxygens (including phenoxy) is 1. The van der Waals surface area contributed by atoms with E-state index in [1.54, 1.807) is 0 Å². The summed E-state index contributed by atoms with van der Waals surface area (Å²) >= 11 is 0. The van der Waals surface area contributed by atoms with Gasteiger partial charge in [0.1, 0.15) is 0 Å². The van der Waals surface area contributed by atoms with Gasteiger partial charge in [-0.25, -0.2) is 0 Å². The van der Waals surface area contributed by atoms with Gasteiger partial charge >= 0.3 is 0 Å². The first-order chi connectivity index (χ1) is 10.2. The number of nitrogens with one attached hydrogen (secondary N) is 1. The summed E-state index contributed by atoms with van der Waals surface area (Å²) < 4.78 is 5.41. The number of aliphatic hydroxyl groups is 1. The van der Waals surface area contributed by atoms with Gasteiger partial charge in [0, 0.05) is 44.2 Å². The maximum atomic E-state index is 8.96. The quantitative estimate of drug-likeness (QED) is 0.811. The van der Waals surface area contributed by atoms with E-state index in [4.69, 9.17) is 9.84 Å². The molecule has 0 aromatic heterocycles. The number of anilines is 2. The fourth-order valence-electron chi connectivity index (χ4n) is 2.92. The van der Waals surface area contributed by atoms with Crippen LogP contribution in [0.2, 0.25) is 0 Å². The van der Waals surface area contributed by atoms with Crippen molar-refractivity contribution < 1.29 is 9.84 Å². The van der Waals surface area contributed by atoms with Crippen molar-refractivity contribution in [1.82, 2.24) is 0 Å². The van der Waals surface area contributed by atoms with E-state index in [1.165, 1.54) is 19.3 Å². The molecule has 0 radical (unpaired) electrons. The Bertz CT molecular complexity index is 402. The van der Waals surface area contributed by atoms with Crippen LogP contribution in [-0.4, -0.2) is 44.6 Å². The smallest absolute Gasteiger partial charge is 0.0606 e. The van der Waals surface area contributed by atoms with Crippen LogP contribution < -0.4 is 10.2 Å². The first kappa shape index (κ1) is 16.1. The third kappa shape index (κ3) is 5.21. The van der Waals surface area contributed by atoms with Crippen LogP contribution in [0, 0.1) is 5.92 Å². The van der Waals surface area contributed by atoms with Crippen molar-refractivity contribution in [3.63, 3.8) is 0 Å². The molecule has 0 bridgehead atoms. The van der Waals surface area contributed by atoms with Crippen molar-refractivity contribution in [1.29, 1.82) is 0 Å². The number of aliphatic hydroxyl groups excluding tert-OH is 1. The molecule has 1 aliphatic heterocycles. The summed E-state index contributed by atoms with van der Waals surface area (Å²) in [5.74, 6) is 0.788. The molecule has 4 heteroatoms. The van der Waals surface area contributed by atoms with Gasteiger partial charge in [-0.2, -0.15) is 0 Å². The Hall–Kier alpha value is -1.26. The number of rotatable bonds is 7. The van der Waals surface area contributed by atoms with E-state index in [0.29, 0.717) is 12.6 Å². The van der Waals surface area contributed by atoms with E-state index in [1.807, 2.05) is 7.05 Å². The van der Waals surface area contributed by atoms with E-state index in [9.17, 15) is 0 Å². The van der Waals surface area contributed by atoms with Gasteiger partial charge in [0.15, 0.2) is 0 Å². The van der Waals surface area contributed by atoms with Crippen molar-refractivity contribution in [2.45, 2.75) is 32.2 Å². The average molecular weight is 292 g/mol. The van der Waals surface area contributed by atoms with Crippen LogP contribution in [0.1, 0.15) is 26.2 Å². The predicted molar refractivity (Wildman–Crippen MR) is 88.0 cm³/mol. The Morgan fingerprint density at radius 1 is 1.29 bits per heavy atom. The third-order valence-electron chi connectivity index (χ3n) is 4.18. The topological polar surface area (TPSA) is 44.7 Å². The van der Waals surface area contributed by atoms with E-state index in [0.717, 1.165) is 30.5 Å². The summed E-state index contributed by atoms with van der Waals surface area (Å²) in [6.07, 6.45) is 3.59. The van der Waals surface area contributed by atoms with Crippen LogP contribution in [0.5, 0.6) is 0 Å². The zero-order valence-corrected chi connectivity index (χ0v) is 13.2. The second-order valence-electron chi connectivity index (χ2n) is 6.03. The Labute approximate surface area is 128 Å². The van der Waals surface area contributed by atoms with Gasteiger partial charge in [0.25, 0.3) is 0 Å². The van der Waals surface area contributed by atoms with Crippen molar-refractivity contribution >= 4 is 11.4 Å². The Balaban J connectivity index is 1.81. The minimum Gasteiger partial charge on any atom is -0.395 e. The fourth-order valence-corrected chi connectivity index (χ4v) is 2.92. The molecule has 1 atom stereocenters. The molecular formula is C17H28N2O2. The van der Waals surface area contributed by atoms with Gasteiger partial charge < -0.3 is 20.1 Å². The van der Waals surface area contributed by atoms with Gasteiger partial charge in [-0.05, 0) is 56.4 Å². The molecule has 0 spiro atoms. The standard InChI is InChI=1S/C17H28N2O2/c1-14(13-15-7-11-21-12-8-15)18-16-3-5-17(6-4-16)19(2)9-10-20/h3-6,14-15,18,20H,7-13H2,1-2H3. The van der Waals surface area contributed by atoms with Crippen LogP contribution in [0.25, 0.3) is 0 Å². The van der Waals surface area contributed by atoms with Crippen LogP contribution in [-0.2, 0) is 4.74 Å². The lowest BCUT2D eigenvalue weighted by Crippen LogP contribution is -2.24. The average Bonchev–Trinajstić information content (AvgIpc) is 2.49. The molecule has 1 aliphatic rings. The summed E-state index contributed by atoms with van der Waals surface area (Å²) in [5.41, 5.74) is 2.29. The maximum absolute atomic E-state index is 8.96. The highest BCUT2D eigenvalue weighted by Crippen LogP contribution is 2.23. The number of hydrogen-bond donors (Lipinski definition) is 2. The molecule has 21 heavy (non-hydrogen) atoms. The Morgan fingerprint density at radius 2 is 1.95 bits per heavy atom. The summed E-state index contributed by atoms with van der Waals surface area (Å²) in [4.78, 5) is 2.05. The lowest BCUT2D eigenvalue weighted by atomic mass is 9.93. The highest BCUT2D eigenvalue weighted by atomic mass is 16.5. The molecule has 0 saturated carbocycles. The normalized spacial score (nSPS) is 17.5. The van der Waals surface area contributed by atoms with Gasteiger partial charge in [0.2, 0.25) is 0 Å². The molecule has 1 fully saturated rings. The highest BCUT2D eigenvalue weighted by molar-refractivity contribution is 5.55. The zero-order chi connectivity index (χ0) is 15.1. The molecule has 1 aromatic carbocycles. The van der Waals surface area contributed by atoms with Crippen LogP contribution in [0.15, 0.2) is 24.3 Å². The van der Waals surface area contributed by atoms with Crippen molar-refractivity contribution in [3.05, 3.63) is 24.3 Å². The van der Waals surface area contributed by atoms with Gasteiger partial charge in [-0.15, -0.1) is 0 Å². The fraction of sp³-hybridized carbons (Fsp3) is 0.647. The predicted octanol–water partition coefficient (Wildman–Crippen LogP) is 2.73. The second kappa shape index (κ2) is 8.25. The van der Waals surface area contributed by atoms with Crippen molar-refractivity contribution in [3.8, 4) is 0 Å². The van der Waals surface area contributed by atoms with Crippen molar-refractivity contribution in [2.24, 2.45) is 5.92 Å². The van der Waals surface area contributed by atoms with Crippen LogP contribution in [0.3, 0.4) is 0 Å². The largest absolute Gasteiger partial charge is 0.395 e. The summed E-state index contributed by atoms with van der Waals surface area (Å²) in [6, 6.07) is 8.90. The molecule has 1 unspecified atom stereocenters. The van der Waals surface area contributed by atoms with E-state index < -0.39 is 0 Å². The third-order valence-corrected chi connectivity index (χ3v) is 4.18. The molecule has 1 aromatic rings. The second-order valence-corrected chi connectivity index (χ2v) is 6.03. The molecule has 1 heterocycles. The lowest BCUT2D eigenvalue weighted by Gasteiger charge is -2.26. The minimum absolute atomic E-state index is 0.179. The van der Waals surface area contributed by atoms with E-state index in [-0.39, 0.29) is 6.61 Å². The molecule has 118 valence electrons. The number of nitrogens with zero attached hydrogens (tertiary/aromatic N) is 1. The molecule has 2 rings (SSSR count). The monoisotopic (exact) mass is 292 g/mol. The summed E-state index contributed by atoms with van der Waals surface area (Å²) in [6.45, 7) is 4.93. The first-order valence-corrected chi connectivity index (χ1v) is 7.95. The number of likely N-dealkylation sites (N-methyl/N-ethyl adjacent to an activating group) is 1. The molecule has 1 saturated heterocycles. The molecule has 2 N–H and O–H groups in total. The number of benzene rings is 1. The summed E-state index contributed by atoms with van der Waals surface area (Å²) in [5, 5.41) is 12.5. The Kier molecular flexibility index (Phi) is 6.33. The van der Waals surface area contributed by atoms with E-state index in [2.05, 4.69) is 41.4 Å². The summed E-state index contributed by atoms with van der Waals surface area (Å²) in [7, 11) is 1.99. The SMILES string of the molecule is CC(CC1CCOCC1)Nc1ccc(N(C)CCO)cc1. The van der Waals surface area contributed by atoms with Gasteiger partial charge in [-0.3, -0.25) is 0 Å². The lowest BCUT2D eigenvalue weighted by molar-refractivity contribution is 0.0629. The molecule has 4 nitrogen and oxygen atoms in total.